The molecule has 2 heterocycles. The van der Waals surface area contributed by atoms with E-state index >= 15 is 0 Å². The molecule has 0 fully saturated rings. The molecule has 0 saturated heterocycles. The molecule has 4 aromatic rings. The van der Waals surface area contributed by atoms with Crippen molar-refractivity contribution in [3.05, 3.63) is 64.4 Å². The Hall–Kier alpha value is -3.13. The molecule has 2 aromatic heterocycles. The zero-order valence-corrected chi connectivity index (χ0v) is 17.2. The maximum Gasteiger partial charge on any atom is 0.267 e. The van der Waals surface area contributed by atoms with Crippen LogP contribution in [-0.4, -0.2) is 37.9 Å². The lowest BCUT2D eigenvalue weighted by Gasteiger charge is -2.16. The molecule has 29 heavy (non-hydrogen) atoms. The van der Waals surface area contributed by atoms with E-state index in [2.05, 4.69) is 29.4 Å². The summed E-state index contributed by atoms with van der Waals surface area (Å²) < 4.78 is 3.47. The van der Waals surface area contributed by atoms with Crippen LogP contribution < -0.4 is 10.9 Å². The van der Waals surface area contributed by atoms with Crippen molar-refractivity contribution in [1.29, 1.82) is 0 Å². The van der Waals surface area contributed by atoms with Crippen molar-refractivity contribution >= 4 is 34.3 Å². The fourth-order valence-electron chi connectivity index (χ4n) is 3.37. The molecule has 0 aliphatic carbocycles. The molecule has 0 aliphatic rings. The normalized spacial score (nSPS) is 11.4. The minimum absolute atomic E-state index is 0.102. The van der Waals surface area contributed by atoms with Crippen LogP contribution in [0.3, 0.4) is 0 Å². The molecule has 0 aliphatic heterocycles. The molecule has 0 unspecified atom stereocenters. The Morgan fingerprint density at radius 3 is 2.59 bits per heavy atom. The Morgan fingerprint density at radius 1 is 1.10 bits per heavy atom. The van der Waals surface area contributed by atoms with Crippen LogP contribution in [0.5, 0.6) is 0 Å². The van der Waals surface area contributed by atoms with Crippen LogP contribution >= 0.6 is 11.8 Å². The van der Waals surface area contributed by atoms with Crippen molar-refractivity contribution in [3.63, 3.8) is 0 Å². The molecular weight excluding hydrogens is 386 g/mol. The second-order valence-electron chi connectivity index (χ2n) is 6.95. The number of aromatic nitrogens is 4. The highest BCUT2D eigenvalue weighted by molar-refractivity contribution is 7.99. The van der Waals surface area contributed by atoms with Gasteiger partial charge in [0.05, 0.1) is 22.3 Å². The predicted molar refractivity (Wildman–Crippen MR) is 115 cm³/mol. The number of fused-ring (bicyclic) bond motifs is 3. The van der Waals surface area contributed by atoms with Gasteiger partial charge in [-0.25, -0.2) is 4.57 Å². The summed E-state index contributed by atoms with van der Waals surface area (Å²) in [4.78, 5) is 25.2. The number of thioether (sulfide) groups is 1. The van der Waals surface area contributed by atoms with Gasteiger partial charge in [-0.3, -0.25) is 14.0 Å². The number of carbonyl (C=O) groups excluding carboxylic acids is 1. The van der Waals surface area contributed by atoms with Crippen molar-refractivity contribution in [1.82, 2.24) is 24.5 Å². The van der Waals surface area contributed by atoms with Crippen LogP contribution in [0.1, 0.15) is 25.3 Å². The number of nitrogens with one attached hydrogen (secondary N) is 1. The van der Waals surface area contributed by atoms with Crippen molar-refractivity contribution in [2.45, 2.75) is 24.9 Å². The second kappa shape index (κ2) is 7.71. The van der Waals surface area contributed by atoms with Gasteiger partial charge in [0.2, 0.25) is 11.7 Å². The predicted octanol–water partition coefficient (Wildman–Crippen LogP) is 2.99. The maximum absolute atomic E-state index is 13.5. The zero-order valence-electron chi connectivity index (χ0n) is 16.4. The standard InChI is InChI=1S/C21H21N5O2S/c1-13(2)14-8-4-6-10-16(14)25-19(28)15-9-5-7-11-17(15)26-20(25)23-24-21(26)29-12-18(27)22-3/h4-11,13H,12H2,1-3H3,(H,22,27). The molecule has 4 rings (SSSR count). The average Bonchev–Trinajstić information content (AvgIpc) is 3.16. The van der Waals surface area contributed by atoms with E-state index in [4.69, 9.17) is 0 Å². The van der Waals surface area contributed by atoms with E-state index in [0.717, 1.165) is 16.8 Å². The summed E-state index contributed by atoms with van der Waals surface area (Å²) in [5.74, 6) is 0.776. The first-order chi connectivity index (χ1) is 14.0. The Morgan fingerprint density at radius 2 is 1.83 bits per heavy atom. The lowest BCUT2D eigenvalue weighted by atomic mass is 10.0. The molecule has 0 bridgehead atoms. The maximum atomic E-state index is 13.5. The van der Waals surface area contributed by atoms with Crippen molar-refractivity contribution < 1.29 is 4.79 Å². The molecule has 0 saturated carbocycles. The SMILES string of the molecule is CNC(=O)CSc1nnc2n(-c3ccccc3C(C)C)c(=O)c3ccccc3n12. The van der Waals surface area contributed by atoms with Gasteiger partial charge in [0.25, 0.3) is 5.56 Å². The highest BCUT2D eigenvalue weighted by Crippen LogP contribution is 2.26. The van der Waals surface area contributed by atoms with Crippen LogP contribution in [0.15, 0.2) is 58.5 Å². The summed E-state index contributed by atoms with van der Waals surface area (Å²) in [5, 5.41) is 12.4. The number of nitrogens with zero attached hydrogens (tertiary/aromatic N) is 4. The van der Waals surface area contributed by atoms with Gasteiger partial charge >= 0.3 is 0 Å². The molecule has 1 amide bonds. The Bertz CT molecular complexity index is 1280. The van der Waals surface area contributed by atoms with Crippen molar-refractivity contribution in [2.24, 2.45) is 0 Å². The second-order valence-corrected chi connectivity index (χ2v) is 7.89. The van der Waals surface area contributed by atoms with Gasteiger partial charge in [-0.2, -0.15) is 0 Å². The third-order valence-electron chi connectivity index (χ3n) is 4.81. The van der Waals surface area contributed by atoms with Crippen LogP contribution in [0.2, 0.25) is 0 Å². The molecule has 148 valence electrons. The van der Waals surface area contributed by atoms with E-state index in [1.54, 1.807) is 17.7 Å². The van der Waals surface area contributed by atoms with E-state index in [0.29, 0.717) is 16.3 Å². The summed E-state index contributed by atoms with van der Waals surface area (Å²) in [7, 11) is 1.60. The fraction of sp³-hybridized carbons (Fsp3) is 0.238. The summed E-state index contributed by atoms with van der Waals surface area (Å²) >= 11 is 1.29. The van der Waals surface area contributed by atoms with Gasteiger partial charge in [-0.15, -0.1) is 10.2 Å². The molecule has 0 radical (unpaired) electrons. The van der Waals surface area contributed by atoms with Crippen LogP contribution in [0.4, 0.5) is 0 Å². The Balaban J connectivity index is 2.06. The lowest BCUT2D eigenvalue weighted by molar-refractivity contribution is -0.118. The van der Waals surface area contributed by atoms with E-state index in [1.165, 1.54) is 11.8 Å². The number of hydrogen-bond acceptors (Lipinski definition) is 5. The van der Waals surface area contributed by atoms with Gasteiger partial charge in [-0.1, -0.05) is 55.9 Å². The minimum Gasteiger partial charge on any atom is -0.358 e. The molecule has 7 nitrogen and oxygen atoms in total. The van der Waals surface area contributed by atoms with Crippen LogP contribution in [0.25, 0.3) is 22.4 Å². The highest BCUT2D eigenvalue weighted by Gasteiger charge is 2.20. The number of amides is 1. The first kappa shape index (κ1) is 19.2. The first-order valence-corrected chi connectivity index (χ1v) is 10.3. The molecule has 2 aromatic carbocycles. The van der Waals surface area contributed by atoms with Crippen LogP contribution in [-0.2, 0) is 4.79 Å². The van der Waals surface area contributed by atoms with E-state index in [9.17, 15) is 9.59 Å². The van der Waals surface area contributed by atoms with Gasteiger partial charge in [0, 0.05) is 7.05 Å². The van der Waals surface area contributed by atoms with E-state index in [-0.39, 0.29) is 23.1 Å². The zero-order chi connectivity index (χ0) is 20.5. The summed E-state index contributed by atoms with van der Waals surface area (Å²) in [6.45, 7) is 4.19. The third-order valence-corrected chi connectivity index (χ3v) is 5.73. The van der Waals surface area contributed by atoms with Crippen LogP contribution in [0, 0.1) is 0 Å². The Kier molecular flexibility index (Phi) is 5.10. The Labute approximate surface area is 171 Å². The van der Waals surface area contributed by atoms with Gasteiger partial charge in [0.1, 0.15) is 0 Å². The first-order valence-electron chi connectivity index (χ1n) is 9.34. The number of hydrogen-bond donors (Lipinski definition) is 1. The summed E-state index contributed by atoms with van der Waals surface area (Å²) in [6, 6.07) is 15.2. The molecule has 1 N–H and O–H groups in total. The highest BCUT2D eigenvalue weighted by atomic mass is 32.2. The third kappa shape index (κ3) is 3.29. The van der Waals surface area contributed by atoms with E-state index < -0.39 is 0 Å². The number of carbonyl (C=O) groups is 1. The molecule has 0 spiro atoms. The number of benzene rings is 2. The van der Waals surface area contributed by atoms with Gasteiger partial charge < -0.3 is 5.32 Å². The lowest BCUT2D eigenvalue weighted by Crippen LogP contribution is -2.23. The topological polar surface area (TPSA) is 81.3 Å². The quantitative estimate of drug-likeness (QED) is 0.515. The minimum atomic E-state index is -0.142. The molecule has 8 heteroatoms. The number of para-hydroxylation sites is 2. The molecular formula is C21H21N5O2S. The van der Waals surface area contributed by atoms with E-state index in [1.807, 2.05) is 46.9 Å². The fourth-order valence-corrected chi connectivity index (χ4v) is 4.18. The van der Waals surface area contributed by atoms with Gasteiger partial charge in [0.15, 0.2) is 5.16 Å². The summed E-state index contributed by atoms with van der Waals surface area (Å²) in [5.41, 5.74) is 2.42. The molecule has 0 atom stereocenters. The summed E-state index contributed by atoms with van der Waals surface area (Å²) in [6.07, 6.45) is 0. The van der Waals surface area contributed by atoms with Crippen molar-refractivity contribution in [3.8, 4) is 5.69 Å². The number of rotatable bonds is 5. The smallest absolute Gasteiger partial charge is 0.267 e. The van der Waals surface area contributed by atoms with Gasteiger partial charge in [-0.05, 0) is 29.7 Å². The average molecular weight is 407 g/mol. The monoisotopic (exact) mass is 407 g/mol. The largest absolute Gasteiger partial charge is 0.358 e. The van der Waals surface area contributed by atoms with Crippen molar-refractivity contribution in [2.75, 3.05) is 12.8 Å².